The number of nitrogens with zero attached hydrogens (tertiary/aromatic N) is 2. The molecule has 2 aromatic rings. The van der Waals surface area contributed by atoms with Crippen LogP contribution in [0.25, 0.3) is 0 Å². The second kappa shape index (κ2) is 10.1. The van der Waals surface area contributed by atoms with Crippen molar-refractivity contribution in [2.45, 2.75) is 6.42 Å². The molecule has 0 spiro atoms. The summed E-state index contributed by atoms with van der Waals surface area (Å²) in [6.07, 6.45) is 1.21. The maximum Gasteiger partial charge on any atom is 0.341 e. The van der Waals surface area contributed by atoms with Gasteiger partial charge in [-0.05, 0) is 56.2 Å². The van der Waals surface area contributed by atoms with Gasteiger partial charge >= 0.3 is 5.97 Å². The van der Waals surface area contributed by atoms with Crippen molar-refractivity contribution in [3.63, 3.8) is 0 Å². The predicted octanol–water partition coefficient (Wildman–Crippen LogP) is 3.12. The Bertz CT molecular complexity index is 927. The first-order chi connectivity index (χ1) is 13.3. The SMILES string of the molecule is O=C(O)COc1c(Br)cc(/C=N/NC(=O)Cc2ccccc2[N+](=O)[O-])cc1I. The third-order valence-corrected chi connectivity index (χ3v) is 4.69. The number of carboxylic acid groups (broad SMARTS) is 1. The van der Waals surface area contributed by atoms with Crippen LogP contribution in [0.15, 0.2) is 46.0 Å². The molecule has 0 aromatic heterocycles. The minimum absolute atomic E-state index is 0.128. The van der Waals surface area contributed by atoms with E-state index in [1.165, 1.54) is 24.4 Å². The van der Waals surface area contributed by atoms with Gasteiger partial charge in [0.1, 0.15) is 5.75 Å². The van der Waals surface area contributed by atoms with Crippen LogP contribution in [0.1, 0.15) is 11.1 Å². The smallest absolute Gasteiger partial charge is 0.341 e. The molecule has 9 nitrogen and oxygen atoms in total. The molecule has 2 aromatic carbocycles. The van der Waals surface area contributed by atoms with Gasteiger partial charge in [0.15, 0.2) is 6.61 Å². The Kier molecular flexibility index (Phi) is 7.87. The number of ether oxygens (including phenoxy) is 1. The predicted molar refractivity (Wildman–Crippen MR) is 113 cm³/mol. The summed E-state index contributed by atoms with van der Waals surface area (Å²) in [6, 6.07) is 9.33. The van der Waals surface area contributed by atoms with E-state index in [-0.39, 0.29) is 17.7 Å². The lowest BCUT2D eigenvalue weighted by Gasteiger charge is -2.09. The van der Waals surface area contributed by atoms with Crippen molar-refractivity contribution in [2.24, 2.45) is 5.10 Å². The average molecular weight is 562 g/mol. The van der Waals surface area contributed by atoms with Crippen LogP contribution >= 0.6 is 38.5 Å². The van der Waals surface area contributed by atoms with Crippen molar-refractivity contribution in [1.29, 1.82) is 0 Å². The maximum absolute atomic E-state index is 12.0. The van der Waals surface area contributed by atoms with Crippen LogP contribution in [0.4, 0.5) is 5.69 Å². The van der Waals surface area contributed by atoms with E-state index in [0.29, 0.717) is 19.4 Å². The lowest BCUT2D eigenvalue weighted by atomic mass is 10.1. The number of para-hydroxylation sites is 1. The van der Waals surface area contributed by atoms with Crippen LogP contribution in [0.5, 0.6) is 5.75 Å². The zero-order chi connectivity index (χ0) is 20.7. The van der Waals surface area contributed by atoms with Crippen molar-refractivity contribution in [1.82, 2.24) is 5.43 Å². The zero-order valence-corrected chi connectivity index (χ0v) is 17.8. The fraction of sp³-hybridized carbons (Fsp3) is 0.118. The number of nitro benzene ring substituents is 1. The van der Waals surface area contributed by atoms with Crippen LogP contribution < -0.4 is 10.2 Å². The van der Waals surface area contributed by atoms with E-state index in [9.17, 15) is 19.7 Å². The molecule has 146 valence electrons. The molecule has 0 saturated heterocycles. The first kappa shape index (κ1) is 21.8. The number of hydrazone groups is 1. The van der Waals surface area contributed by atoms with Crippen molar-refractivity contribution in [3.05, 3.63) is 65.7 Å². The zero-order valence-electron chi connectivity index (χ0n) is 14.1. The molecular formula is C17H13BrIN3O6. The molecule has 0 aliphatic rings. The summed E-state index contributed by atoms with van der Waals surface area (Å²) in [4.78, 5) is 33.0. The molecule has 0 fully saturated rings. The number of hydrogen-bond acceptors (Lipinski definition) is 6. The van der Waals surface area contributed by atoms with Gasteiger partial charge in [-0.25, -0.2) is 10.2 Å². The number of aliphatic carboxylic acids is 1. The highest BCUT2D eigenvalue weighted by Gasteiger charge is 2.15. The molecule has 0 atom stereocenters. The fourth-order valence-electron chi connectivity index (χ4n) is 2.16. The molecule has 0 aliphatic heterocycles. The Morgan fingerprint density at radius 3 is 2.71 bits per heavy atom. The highest BCUT2D eigenvalue weighted by molar-refractivity contribution is 14.1. The number of benzene rings is 2. The molecule has 0 heterocycles. The molecule has 28 heavy (non-hydrogen) atoms. The minimum atomic E-state index is -1.09. The maximum atomic E-state index is 12.0. The van der Waals surface area contributed by atoms with E-state index in [1.807, 2.05) is 22.6 Å². The normalized spacial score (nSPS) is 10.6. The Labute approximate surface area is 181 Å². The average Bonchev–Trinajstić information content (AvgIpc) is 2.61. The van der Waals surface area contributed by atoms with Crippen LogP contribution in [-0.4, -0.2) is 34.7 Å². The van der Waals surface area contributed by atoms with E-state index in [0.717, 1.165) is 0 Å². The number of nitrogens with one attached hydrogen (secondary N) is 1. The van der Waals surface area contributed by atoms with Gasteiger partial charge < -0.3 is 9.84 Å². The number of carbonyl (C=O) groups excluding carboxylic acids is 1. The summed E-state index contributed by atoms with van der Waals surface area (Å²) in [5.74, 6) is -1.20. The summed E-state index contributed by atoms with van der Waals surface area (Å²) < 4.78 is 6.39. The molecule has 2 N–H and O–H groups in total. The molecule has 0 unspecified atom stereocenters. The number of halogens is 2. The fourth-order valence-corrected chi connectivity index (χ4v) is 3.92. The summed E-state index contributed by atoms with van der Waals surface area (Å²) in [6.45, 7) is -0.469. The molecule has 1 amide bonds. The summed E-state index contributed by atoms with van der Waals surface area (Å²) in [5, 5.41) is 23.5. The third-order valence-electron chi connectivity index (χ3n) is 3.30. The van der Waals surface area contributed by atoms with Gasteiger partial charge in [-0.1, -0.05) is 18.2 Å². The van der Waals surface area contributed by atoms with E-state index in [4.69, 9.17) is 9.84 Å². The Morgan fingerprint density at radius 2 is 2.07 bits per heavy atom. The van der Waals surface area contributed by atoms with Crippen molar-refractivity contribution < 1.29 is 24.4 Å². The number of hydrogen-bond donors (Lipinski definition) is 2. The monoisotopic (exact) mass is 561 g/mol. The van der Waals surface area contributed by atoms with Crippen LogP contribution in [0.3, 0.4) is 0 Å². The standard InChI is InChI=1S/C17H13BrIN3O6/c18-12-5-10(6-13(19)17(12)28-9-16(24)25)8-20-21-15(23)7-11-3-1-2-4-14(11)22(26)27/h1-6,8H,7,9H2,(H,21,23)(H,24,25)/b20-8+. The van der Waals surface area contributed by atoms with Gasteiger partial charge in [0.25, 0.3) is 5.69 Å². The number of nitro groups is 1. The number of carboxylic acids is 1. The molecule has 0 radical (unpaired) electrons. The Hall–Kier alpha value is -2.54. The third kappa shape index (κ3) is 6.27. The molecule has 0 bridgehead atoms. The summed E-state index contributed by atoms with van der Waals surface area (Å²) >= 11 is 5.29. The summed E-state index contributed by atoms with van der Waals surface area (Å²) in [5.41, 5.74) is 3.11. The van der Waals surface area contributed by atoms with Crippen LogP contribution in [0.2, 0.25) is 0 Å². The number of rotatable bonds is 8. The van der Waals surface area contributed by atoms with E-state index in [1.54, 1.807) is 18.2 Å². The Balaban J connectivity index is 2.02. The topological polar surface area (TPSA) is 131 Å². The van der Waals surface area contributed by atoms with E-state index in [2.05, 4.69) is 26.5 Å². The molecular weight excluding hydrogens is 549 g/mol. The van der Waals surface area contributed by atoms with Gasteiger partial charge in [-0.3, -0.25) is 14.9 Å². The molecule has 2 rings (SSSR count). The van der Waals surface area contributed by atoms with Gasteiger partial charge in [0, 0.05) is 11.6 Å². The minimum Gasteiger partial charge on any atom is -0.480 e. The van der Waals surface area contributed by atoms with Gasteiger partial charge in [-0.15, -0.1) is 0 Å². The summed E-state index contributed by atoms with van der Waals surface area (Å²) in [7, 11) is 0. The first-order valence-electron chi connectivity index (χ1n) is 7.65. The highest BCUT2D eigenvalue weighted by Crippen LogP contribution is 2.31. The van der Waals surface area contributed by atoms with Gasteiger partial charge in [0.05, 0.1) is 25.6 Å². The lowest BCUT2D eigenvalue weighted by Crippen LogP contribution is -2.20. The van der Waals surface area contributed by atoms with Crippen molar-refractivity contribution >= 4 is 62.3 Å². The second-order valence-corrected chi connectivity index (χ2v) is 7.37. The van der Waals surface area contributed by atoms with E-state index < -0.39 is 23.4 Å². The van der Waals surface area contributed by atoms with Crippen LogP contribution in [0, 0.1) is 13.7 Å². The van der Waals surface area contributed by atoms with Crippen molar-refractivity contribution in [3.8, 4) is 5.75 Å². The second-order valence-electron chi connectivity index (χ2n) is 5.35. The molecule has 11 heteroatoms. The van der Waals surface area contributed by atoms with E-state index >= 15 is 0 Å². The number of amides is 1. The number of carbonyl (C=O) groups is 2. The quantitative estimate of drug-likeness (QED) is 0.220. The lowest BCUT2D eigenvalue weighted by molar-refractivity contribution is -0.385. The Morgan fingerprint density at radius 1 is 1.36 bits per heavy atom. The molecule has 0 aliphatic carbocycles. The largest absolute Gasteiger partial charge is 0.480 e. The first-order valence-corrected chi connectivity index (χ1v) is 9.53. The van der Waals surface area contributed by atoms with Crippen molar-refractivity contribution in [2.75, 3.05) is 6.61 Å². The van der Waals surface area contributed by atoms with Gasteiger partial charge in [-0.2, -0.15) is 5.10 Å². The van der Waals surface area contributed by atoms with Gasteiger partial charge in [0.2, 0.25) is 5.91 Å². The van der Waals surface area contributed by atoms with Crippen LogP contribution in [-0.2, 0) is 16.0 Å². The molecule has 0 saturated carbocycles. The highest BCUT2D eigenvalue weighted by atomic mass is 127.